The average Bonchev–Trinajstić information content (AvgIpc) is 2.56. The van der Waals surface area contributed by atoms with Gasteiger partial charge in [0.25, 0.3) is 11.7 Å². The Hall–Kier alpha value is -1.64. The van der Waals surface area contributed by atoms with Gasteiger partial charge in [-0.15, -0.1) is 0 Å². The summed E-state index contributed by atoms with van der Waals surface area (Å²) < 4.78 is 0. The number of nitrogens with one attached hydrogen (secondary N) is 1. The van der Waals surface area contributed by atoms with Crippen molar-refractivity contribution in [2.45, 2.75) is 32.6 Å². The van der Waals surface area contributed by atoms with Crippen molar-refractivity contribution in [3.63, 3.8) is 0 Å². The Morgan fingerprint density at radius 2 is 2.00 bits per heavy atom. The predicted molar refractivity (Wildman–Crippen MR) is 62.6 cm³/mol. The molecule has 1 heterocycles. The zero-order chi connectivity index (χ0) is 11.5. The summed E-state index contributed by atoms with van der Waals surface area (Å²) in [7, 11) is 0. The Bertz CT molecular complexity index is 438. The molecule has 0 aromatic heterocycles. The molecule has 0 radical (unpaired) electrons. The molecule has 1 N–H and O–H groups in total. The minimum atomic E-state index is -0.513. The summed E-state index contributed by atoms with van der Waals surface area (Å²) in [6.45, 7) is 2.16. The van der Waals surface area contributed by atoms with E-state index in [2.05, 4.69) is 12.2 Å². The van der Waals surface area contributed by atoms with E-state index in [0.29, 0.717) is 11.3 Å². The third-order valence-electron chi connectivity index (χ3n) is 2.85. The van der Waals surface area contributed by atoms with Gasteiger partial charge in [-0.25, -0.2) is 0 Å². The first-order chi connectivity index (χ1) is 7.72. The molecule has 0 spiro atoms. The monoisotopic (exact) mass is 217 g/mol. The normalized spacial score (nSPS) is 13.8. The maximum atomic E-state index is 11.5. The van der Waals surface area contributed by atoms with Gasteiger partial charge >= 0.3 is 0 Å². The average molecular weight is 217 g/mol. The van der Waals surface area contributed by atoms with Crippen molar-refractivity contribution in [1.29, 1.82) is 0 Å². The first-order valence-electron chi connectivity index (χ1n) is 5.71. The zero-order valence-electron chi connectivity index (χ0n) is 9.38. The van der Waals surface area contributed by atoms with Gasteiger partial charge in [-0.05, 0) is 30.5 Å². The summed E-state index contributed by atoms with van der Waals surface area (Å²) >= 11 is 0. The van der Waals surface area contributed by atoms with Crippen LogP contribution in [0.4, 0.5) is 5.69 Å². The quantitative estimate of drug-likeness (QED) is 0.622. The highest BCUT2D eigenvalue weighted by molar-refractivity contribution is 6.51. The van der Waals surface area contributed by atoms with E-state index in [1.807, 2.05) is 18.2 Å². The second kappa shape index (κ2) is 4.47. The number of Topliss-reactive ketones (excluding diaryl/α,β-unsaturated/α-hetero) is 1. The maximum Gasteiger partial charge on any atom is 0.296 e. The number of aryl methyl sites for hydroxylation is 1. The van der Waals surface area contributed by atoms with Crippen molar-refractivity contribution in [1.82, 2.24) is 0 Å². The third-order valence-corrected chi connectivity index (χ3v) is 2.85. The van der Waals surface area contributed by atoms with Crippen LogP contribution < -0.4 is 5.32 Å². The second-order valence-corrected chi connectivity index (χ2v) is 4.12. The van der Waals surface area contributed by atoms with E-state index in [0.717, 1.165) is 18.4 Å². The maximum absolute atomic E-state index is 11.5. The summed E-state index contributed by atoms with van der Waals surface area (Å²) in [5, 5.41) is 2.55. The molecule has 0 atom stereocenters. The van der Waals surface area contributed by atoms with E-state index >= 15 is 0 Å². The molecule has 0 fully saturated rings. The lowest BCUT2D eigenvalue weighted by Gasteiger charge is -2.02. The van der Waals surface area contributed by atoms with Crippen LogP contribution in [0.5, 0.6) is 0 Å². The second-order valence-electron chi connectivity index (χ2n) is 4.12. The van der Waals surface area contributed by atoms with Crippen LogP contribution in [-0.2, 0) is 11.2 Å². The van der Waals surface area contributed by atoms with Gasteiger partial charge in [0.1, 0.15) is 0 Å². The van der Waals surface area contributed by atoms with E-state index in [1.54, 1.807) is 0 Å². The van der Waals surface area contributed by atoms with Crippen LogP contribution in [0.1, 0.15) is 42.1 Å². The lowest BCUT2D eigenvalue weighted by atomic mass is 10.0. The molecule has 1 amide bonds. The minimum Gasteiger partial charge on any atom is -0.318 e. The van der Waals surface area contributed by atoms with E-state index < -0.39 is 11.7 Å². The number of amides is 1. The van der Waals surface area contributed by atoms with Gasteiger partial charge in [-0.3, -0.25) is 9.59 Å². The Balaban J connectivity index is 2.14. The largest absolute Gasteiger partial charge is 0.318 e. The fourth-order valence-corrected chi connectivity index (χ4v) is 1.92. The molecule has 1 aliphatic heterocycles. The molecular formula is C13H15NO2. The Labute approximate surface area is 94.9 Å². The summed E-state index contributed by atoms with van der Waals surface area (Å²) in [5.41, 5.74) is 2.31. The molecular weight excluding hydrogens is 202 g/mol. The molecule has 16 heavy (non-hydrogen) atoms. The minimum absolute atomic E-state index is 0.410. The van der Waals surface area contributed by atoms with Crippen molar-refractivity contribution in [2.75, 3.05) is 5.32 Å². The van der Waals surface area contributed by atoms with Crippen LogP contribution in [0.3, 0.4) is 0 Å². The Morgan fingerprint density at radius 3 is 2.75 bits per heavy atom. The molecule has 84 valence electrons. The van der Waals surface area contributed by atoms with E-state index in [9.17, 15) is 9.59 Å². The van der Waals surface area contributed by atoms with Gasteiger partial charge < -0.3 is 5.32 Å². The first-order valence-corrected chi connectivity index (χ1v) is 5.71. The molecule has 0 unspecified atom stereocenters. The van der Waals surface area contributed by atoms with Gasteiger partial charge in [0.15, 0.2) is 0 Å². The molecule has 0 saturated carbocycles. The van der Waals surface area contributed by atoms with E-state index in [1.165, 1.54) is 12.8 Å². The Kier molecular flexibility index (Phi) is 3.04. The van der Waals surface area contributed by atoms with E-state index in [4.69, 9.17) is 0 Å². The molecule has 3 nitrogen and oxygen atoms in total. The molecule has 0 saturated heterocycles. The number of hydrogen-bond acceptors (Lipinski definition) is 2. The van der Waals surface area contributed by atoms with Crippen LogP contribution in [0, 0.1) is 0 Å². The number of hydrogen-bond donors (Lipinski definition) is 1. The number of benzene rings is 1. The zero-order valence-corrected chi connectivity index (χ0v) is 9.38. The molecule has 1 aliphatic rings. The molecule has 1 aromatic carbocycles. The van der Waals surface area contributed by atoms with Crippen molar-refractivity contribution in [2.24, 2.45) is 0 Å². The fraction of sp³-hybridized carbons (Fsp3) is 0.385. The number of fused-ring (bicyclic) bond motifs is 1. The highest BCUT2D eigenvalue weighted by atomic mass is 16.2. The lowest BCUT2D eigenvalue weighted by molar-refractivity contribution is -0.112. The van der Waals surface area contributed by atoms with Crippen LogP contribution in [0.25, 0.3) is 0 Å². The Morgan fingerprint density at radius 1 is 1.19 bits per heavy atom. The summed E-state index contributed by atoms with van der Waals surface area (Å²) in [6, 6.07) is 5.64. The van der Waals surface area contributed by atoms with Crippen molar-refractivity contribution in [3.8, 4) is 0 Å². The number of unbranched alkanes of at least 4 members (excludes halogenated alkanes) is 2. The fourth-order valence-electron chi connectivity index (χ4n) is 1.92. The van der Waals surface area contributed by atoms with E-state index in [-0.39, 0.29) is 0 Å². The number of ketones is 1. The summed E-state index contributed by atoms with van der Waals surface area (Å²) in [4.78, 5) is 22.6. The number of anilines is 1. The molecule has 0 aliphatic carbocycles. The van der Waals surface area contributed by atoms with Crippen LogP contribution in [-0.4, -0.2) is 11.7 Å². The number of carbonyl (C=O) groups is 2. The lowest BCUT2D eigenvalue weighted by Crippen LogP contribution is -2.12. The number of rotatable bonds is 4. The van der Waals surface area contributed by atoms with Gasteiger partial charge in [-0.2, -0.15) is 0 Å². The highest BCUT2D eigenvalue weighted by Gasteiger charge is 2.27. The van der Waals surface area contributed by atoms with Gasteiger partial charge in [-0.1, -0.05) is 25.8 Å². The molecule has 2 rings (SSSR count). The smallest absolute Gasteiger partial charge is 0.296 e. The van der Waals surface area contributed by atoms with Gasteiger partial charge in [0, 0.05) is 0 Å². The van der Waals surface area contributed by atoms with Gasteiger partial charge in [0.05, 0.1) is 11.3 Å². The number of carbonyl (C=O) groups excluding carboxylic acids is 2. The van der Waals surface area contributed by atoms with Crippen LogP contribution >= 0.6 is 0 Å². The van der Waals surface area contributed by atoms with Crippen molar-refractivity contribution in [3.05, 3.63) is 29.3 Å². The van der Waals surface area contributed by atoms with Crippen LogP contribution in [0.15, 0.2) is 18.2 Å². The summed E-state index contributed by atoms with van der Waals surface area (Å²) in [5.74, 6) is -0.923. The SMILES string of the molecule is CCCCCc1ccc2c(c1)C(=O)C(=O)N2. The first kappa shape index (κ1) is 10.9. The van der Waals surface area contributed by atoms with Crippen LogP contribution in [0.2, 0.25) is 0 Å². The summed E-state index contributed by atoms with van der Waals surface area (Å²) in [6.07, 6.45) is 4.49. The predicted octanol–water partition coefficient (Wildman–Crippen LogP) is 2.55. The van der Waals surface area contributed by atoms with Crippen molar-refractivity contribution < 1.29 is 9.59 Å². The van der Waals surface area contributed by atoms with Crippen molar-refractivity contribution >= 4 is 17.4 Å². The highest BCUT2D eigenvalue weighted by Crippen LogP contribution is 2.24. The molecule has 1 aromatic rings. The third kappa shape index (κ3) is 1.98. The van der Waals surface area contributed by atoms with Gasteiger partial charge in [0.2, 0.25) is 0 Å². The molecule has 3 heteroatoms. The topological polar surface area (TPSA) is 46.2 Å². The molecule has 0 bridgehead atoms. The standard InChI is InChI=1S/C13H15NO2/c1-2-3-4-5-9-6-7-11-10(8-9)12(15)13(16)14-11/h6-8H,2-5H2,1H3,(H,14,15,16).